The van der Waals surface area contributed by atoms with E-state index in [0.29, 0.717) is 4.88 Å². The van der Waals surface area contributed by atoms with E-state index in [-0.39, 0.29) is 11.9 Å². The van der Waals surface area contributed by atoms with E-state index >= 15 is 0 Å². The summed E-state index contributed by atoms with van der Waals surface area (Å²) in [6.07, 6.45) is 0. The third-order valence-corrected chi connectivity index (χ3v) is 6.29. The number of hydrogen-bond donors (Lipinski definition) is 0. The Kier molecular flexibility index (Phi) is 3.12. The Hall–Kier alpha value is -2.92. The highest BCUT2D eigenvalue weighted by atomic mass is 32.1. The molecule has 1 aromatic heterocycles. The van der Waals surface area contributed by atoms with Crippen molar-refractivity contribution in [2.75, 3.05) is 12.0 Å². The van der Waals surface area contributed by atoms with Crippen molar-refractivity contribution in [1.29, 1.82) is 0 Å². The number of nitrogens with zero attached hydrogens (tertiary/aromatic N) is 1. The van der Waals surface area contributed by atoms with E-state index in [9.17, 15) is 9.59 Å². The summed E-state index contributed by atoms with van der Waals surface area (Å²) in [4.78, 5) is 28.8. The molecule has 0 bridgehead atoms. The molecule has 2 aliphatic rings. The van der Waals surface area contributed by atoms with Crippen LogP contribution in [0.2, 0.25) is 0 Å². The number of rotatable bonds is 2. The van der Waals surface area contributed by atoms with Gasteiger partial charge in [-0.2, -0.15) is 0 Å². The van der Waals surface area contributed by atoms with Gasteiger partial charge in [0.1, 0.15) is 11.5 Å². The van der Waals surface area contributed by atoms with Gasteiger partial charge in [0.15, 0.2) is 0 Å². The van der Waals surface area contributed by atoms with Crippen molar-refractivity contribution in [1.82, 2.24) is 0 Å². The average molecular weight is 361 g/mol. The predicted molar refractivity (Wildman–Crippen MR) is 99.5 cm³/mol. The van der Waals surface area contributed by atoms with Crippen LogP contribution in [0, 0.1) is 0 Å². The Morgan fingerprint density at radius 3 is 2.58 bits per heavy atom. The van der Waals surface area contributed by atoms with Gasteiger partial charge in [0, 0.05) is 11.3 Å². The molecule has 5 rings (SSSR count). The van der Waals surface area contributed by atoms with Gasteiger partial charge in [0.2, 0.25) is 0 Å². The van der Waals surface area contributed by atoms with E-state index in [2.05, 4.69) is 0 Å². The number of fused-ring (bicyclic) bond motifs is 5. The number of ether oxygens (including phenoxy) is 1. The van der Waals surface area contributed by atoms with Gasteiger partial charge in [-0.3, -0.25) is 14.5 Å². The molecule has 0 radical (unpaired) electrons. The van der Waals surface area contributed by atoms with E-state index < -0.39 is 11.5 Å². The number of anilines is 1. The van der Waals surface area contributed by atoms with Crippen LogP contribution in [0.15, 0.2) is 66.0 Å². The SMILES string of the molecule is COC(=O)[C@@H]1c2ccccc2N2C(=O)c3sccc3[C@]12c1ccccc1. The summed E-state index contributed by atoms with van der Waals surface area (Å²) >= 11 is 1.42. The van der Waals surface area contributed by atoms with Gasteiger partial charge in [-0.1, -0.05) is 48.5 Å². The molecule has 2 aliphatic heterocycles. The van der Waals surface area contributed by atoms with Crippen molar-refractivity contribution in [3.8, 4) is 0 Å². The maximum Gasteiger partial charge on any atom is 0.316 e. The van der Waals surface area contributed by atoms with Crippen LogP contribution in [0.5, 0.6) is 0 Å². The molecule has 0 unspecified atom stereocenters. The fourth-order valence-corrected chi connectivity index (χ4v) is 5.34. The van der Waals surface area contributed by atoms with Crippen molar-refractivity contribution in [2.24, 2.45) is 0 Å². The van der Waals surface area contributed by atoms with Crippen molar-refractivity contribution in [3.05, 3.63) is 87.6 Å². The Balaban J connectivity index is 1.92. The zero-order valence-corrected chi connectivity index (χ0v) is 14.8. The van der Waals surface area contributed by atoms with Crippen molar-refractivity contribution >= 4 is 28.9 Å². The molecule has 128 valence electrons. The van der Waals surface area contributed by atoms with Gasteiger partial charge in [-0.05, 0) is 28.6 Å². The lowest BCUT2D eigenvalue weighted by Crippen LogP contribution is -2.47. The maximum absolute atomic E-state index is 13.3. The fraction of sp³-hybridized carbons (Fsp3) is 0.143. The second-order valence-electron chi connectivity index (χ2n) is 6.45. The Morgan fingerprint density at radius 1 is 1.08 bits per heavy atom. The molecule has 3 aromatic rings. The summed E-state index contributed by atoms with van der Waals surface area (Å²) in [6.45, 7) is 0. The normalized spacial score (nSPS) is 22.7. The first-order chi connectivity index (χ1) is 12.7. The van der Waals surface area contributed by atoms with Crippen LogP contribution < -0.4 is 4.90 Å². The number of carbonyl (C=O) groups is 2. The first-order valence-electron chi connectivity index (χ1n) is 8.36. The van der Waals surface area contributed by atoms with Crippen molar-refractivity contribution in [3.63, 3.8) is 0 Å². The molecular weight excluding hydrogens is 346 g/mol. The lowest BCUT2D eigenvalue weighted by atomic mass is 9.73. The van der Waals surface area contributed by atoms with E-state index in [1.54, 1.807) is 4.90 Å². The van der Waals surface area contributed by atoms with Crippen molar-refractivity contribution in [2.45, 2.75) is 11.5 Å². The molecule has 0 saturated heterocycles. The first kappa shape index (κ1) is 15.3. The van der Waals surface area contributed by atoms with E-state index in [1.165, 1.54) is 18.4 Å². The zero-order chi connectivity index (χ0) is 17.9. The highest BCUT2D eigenvalue weighted by molar-refractivity contribution is 7.12. The third-order valence-electron chi connectivity index (χ3n) is 5.38. The number of hydrogen-bond acceptors (Lipinski definition) is 4. The molecule has 0 N–H and O–H groups in total. The minimum absolute atomic E-state index is 0.0577. The Morgan fingerprint density at radius 2 is 1.81 bits per heavy atom. The topological polar surface area (TPSA) is 46.6 Å². The number of thiophene rings is 1. The maximum atomic E-state index is 13.3. The number of para-hydroxylation sites is 1. The second kappa shape index (κ2) is 5.29. The van der Waals surface area contributed by atoms with E-state index in [1.807, 2.05) is 66.0 Å². The largest absolute Gasteiger partial charge is 0.468 e. The van der Waals surface area contributed by atoms with Gasteiger partial charge >= 0.3 is 5.97 Å². The average Bonchev–Trinajstić information content (AvgIpc) is 3.34. The Bertz CT molecular complexity index is 1040. The first-order valence-corrected chi connectivity index (χ1v) is 9.24. The minimum atomic E-state index is -0.898. The van der Waals surface area contributed by atoms with Crippen LogP contribution >= 0.6 is 11.3 Å². The molecule has 2 atom stereocenters. The van der Waals surface area contributed by atoms with Gasteiger partial charge in [-0.15, -0.1) is 11.3 Å². The summed E-state index contributed by atoms with van der Waals surface area (Å²) in [5, 5.41) is 1.92. The highest BCUT2D eigenvalue weighted by Gasteiger charge is 2.64. The number of benzene rings is 2. The van der Waals surface area contributed by atoms with Crippen LogP contribution in [0.25, 0.3) is 0 Å². The van der Waals surface area contributed by atoms with Crippen LogP contribution in [0.3, 0.4) is 0 Å². The molecule has 0 aliphatic carbocycles. The molecule has 1 amide bonds. The van der Waals surface area contributed by atoms with Gasteiger partial charge < -0.3 is 4.74 Å². The lowest BCUT2D eigenvalue weighted by Gasteiger charge is -2.37. The number of amides is 1. The molecule has 3 heterocycles. The van der Waals surface area contributed by atoms with Crippen LogP contribution in [-0.4, -0.2) is 19.0 Å². The van der Waals surface area contributed by atoms with Crippen LogP contribution in [0.1, 0.15) is 32.3 Å². The predicted octanol–water partition coefficient (Wildman–Crippen LogP) is 3.92. The number of esters is 1. The molecule has 0 saturated carbocycles. The molecule has 0 spiro atoms. The molecular formula is C21H15NO3S. The third kappa shape index (κ3) is 1.64. The van der Waals surface area contributed by atoms with Crippen LogP contribution in [0.4, 0.5) is 5.69 Å². The minimum Gasteiger partial charge on any atom is -0.468 e. The summed E-state index contributed by atoms with van der Waals surface area (Å²) in [5.74, 6) is -1.00. The van der Waals surface area contributed by atoms with E-state index in [0.717, 1.165) is 22.4 Å². The van der Waals surface area contributed by atoms with Gasteiger partial charge in [-0.25, -0.2) is 0 Å². The fourth-order valence-electron chi connectivity index (χ4n) is 4.46. The van der Waals surface area contributed by atoms with E-state index in [4.69, 9.17) is 4.74 Å². The van der Waals surface area contributed by atoms with Crippen molar-refractivity contribution < 1.29 is 14.3 Å². The smallest absolute Gasteiger partial charge is 0.316 e. The summed E-state index contributed by atoms with van der Waals surface area (Å²) < 4.78 is 5.20. The lowest BCUT2D eigenvalue weighted by molar-refractivity contribution is -0.143. The molecule has 5 heteroatoms. The standard InChI is InChI=1S/C21H15NO3S/c1-25-20(24)17-14-9-5-6-10-16(14)22-19(23)18-15(11-12-26-18)21(17,22)13-7-3-2-4-8-13/h2-12,17H,1H3/t17-,21+/m0/s1. The number of carbonyl (C=O) groups excluding carboxylic acids is 2. The monoisotopic (exact) mass is 361 g/mol. The molecule has 0 fully saturated rings. The summed E-state index contributed by atoms with van der Waals surface area (Å²) in [7, 11) is 1.40. The van der Waals surface area contributed by atoms with Crippen LogP contribution in [-0.2, 0) is 15.1 Å². The Labute approximate surface area is 154 Å². The summed E-state index contributed by atoms with van der Waals surface area (Å²) in [6, 6.07) is 19.4. The summed E-state index contributed by atoms with van der Waals surface area (Å²) in [5.41, 5.74) is 2.50. The highest BCUT2D eigenvalue weighted by Crippen LogP contribution is 2.61. The second-order valence-corrected chi connectivity index (χ2v) is 7.37. The molecule has 2 aromatic carbocycles. The van der Waals surface area contributed by atoms with Gasteiger partial charge in [0.25, 0.3) is 5.91 Å². The zero-order valence-electron chi connectivity index (χ0n) is 14.0. The quantitative estimate of drug-likeness (QED) is 0.650. The molecule has 4 nitrogen and oxygen atoms in total. The number of methoxy groups -OCH3 is 1. The van der Waals surface area contributed by atoms with Gasteiger partial charge in [0.05, 0.1) is 12.0 Å². The molecule has 26 heavy (non-hydrogen) atoms.